The molecule has 1 aliphatic heterocycles. The van der Waals surface area contributed by atoms with Crippen LogP contribution in [-0.4, -0.2) is 34.5 Å². The molecule has 0 saturated heterocycles. The predicted octanol–water partition coefficient (Wildman–Crippen LogP) is 1.91. The Balaban J connectivity index is 2.19. The molecule has 2 rings (SSSR count). The van der Waals surface area contributed by atoms with E-state index in [1.165, 1.54) is 0 Å². The van der Waals surface area contributed by atoms with Gasteiger partial charge in [-0.1, -0.05) is 19.9 Å². The summed E-state index contributed by atoms with van der Waals surface area (Å²) in [7, 11) is 0. The molecule has 0 spiro atoms. The van der Waals surface area contributed by atoms with Gasteiger partial charge >= 0.3 is 0 Å². The highest BCUT2D eigenvalue weighted by Crippen LogP contribution is 2.21. The molecule has 0 atom stereocenters. The van der Waals surface area contributed by atoms with Crippen molar-refractivity contribution < 1.29 is 9.59 Å². The average Bonchev–Trinajstić information content (AvgIpc) is 2.92. The summed E-state index contributed by atoms with van der Waals surface area (Å²) in [5.41, 5.74) is 1.24. The second-order valence-electron chi connectivity index (χ2n) is 6.28. The minimum absolute atomic E-state index is 0.198. The SMILES string of the molecule is C=CCNC(=O)c1nc(C(=O)NCCC(C)C)n2c1CCCC2. The quantitative estimate of drug-likeness (QED) is 0.754. The maximum Gasteiger partial charge on any atom is 0.287 e. The second-order valence-corrected chi connectivity index (χ2v) is 6.28. The molecule has 1 aliphatic rings. The smallest absolute Gasteiger partial charge is 0.287 e. The van der Waals surface area contributed by atoms with Crippen LogP contribution in [0.3, 0.4) is 0 Å². The van der Waals surface area contributed by atoms with Gasteiger partial charge in [-0.25, -0.2) is 4.98 Å². The number of hydrogen-bond donors (Lipinski definition) is 2. The Labute approximate surface area is 137 Å². The van der Waals surface area contributed by atoms with E-state index < -0.39 is 0 Å². The molecule has 0 aliphatic carbocycles. The van der Waals surface area contributed by atoms with Crippen LogP contribution in [0.25, 0.3) is 0 Å². The van der Waals surface area contributed by atoms with Crippen molar-refractivity contribution in [1.82, 2.24) is 20.2 Å². The topological polar surface area (TPSA) is 76.0 Å². The third-order valence-corrected chi connectivity index (χ3v) is 3.95. The van der Waals surface area contributed by atoms with Gasteiger partial charge in [-0.3, -0.25) is 9.59 Å². The van der Waals surface area contributed by atoms with Gasteiger partial charge in [0.05, 0.1) is 5.69 Å². The first kappa shape index (κ1) is 17.2. The van der Waals surface area contributed by atoms with Gasteiger partial charge in [0.1, 0.15) is 5.69 Å². The molecule has 1 aromatic heterocycles. The number of carbonyl (C=O) groups is 2. The molecular formula is C17H26N4O2. The van der Waals surface area contributed by atoms with Crippen LogP contribution in [0, 0.1) is 5.92 Å². The molecule has 2 heterocycles. The Hall–Kier alpha value is -2.11. The summed E-state index contributed by atoms with van der Waals surface area (Å²) in [6.07, 6.45) is 5.35. The van der Waals surface area contributed by atoms with Crippen molar-refractivity contribution in [2.75, 3.05) is 13.1 Å². The summed E-state index contributed by atoms with van der Waals surface area (Å²) in [5, 5.41) is 5.65. The monoisotopic (exact) mass is 318 g/mol. The predicted molar refractivity (Wildman–Crippen MR) is 89.5 cm³/mol. The fourth-order valence-electron chi connectivity index (χ4n) is 2.70. The Morgan fingerprint density at radius 1 is 1.30 bits per heavy atom. The fourth-order valence-corrected chi connectivity index (χ4v) is 2.70. The van der Waals surface area contributed by atoms with Crippen LogP contribution in [0.15, 0.2) is 12.7 Å². The number of fused-ring (bicyclic) bond motifs is 1. The van der Waals surface area contributed by atoms with E-state index in [2.05, 4.69) is 36.0 Å². The molecule has 2 N–H and O–H groups in total. The number of rotatable bonds is 7. The van der Waals surface area contributed by atoms with E-state index in [1.54, 1.807) is 6.08 Å². The Morgan fingerprint density at radius 2 is 2.09 bits per heavy atom. The van der Waals surface area contributed by atoms with E-state index in [9.17, 15) is 9.59 Å². The maximum atomic E-state index is 12.4. The molecular weight excluding hydrogens is 292 g/mol. The molecule has 23 heavy (non-hydrogen) atoms. The van der Waals surface area contributed by atoms with Crippen molar-refractivity contribution in [2.24, 2.45) is 5.92 Å². The minimum Gasteiger partial charge on any atom is -0.349 e. The first-order valence-corrected chi connectivity index (χ1v) is 8.31. The lowest BCUT2D eigenvalue weighted by Gasteiger charge is -2.17. The largest absolute Gasteiger partial charge is 0.349 e. The number of nitrogens with zero attached hydrogens (tertiary/aromatic N) is 2. The zero-order chi connectivity index (χ0) is 16.8. The summed E-state index contributed by atoms with van der Waals surface area (Å²) in [6.45, 7) is 9.58. The Bertz CT molecular complexity index is 590. The average molecular weight is 318 g/mol. The fraction of sp³-hybridized carbons (Fsp3) is 0.588. The molecule has 2 amide bonds. The van der Waals surface area contributed by atoms with E-state index in [1.807, 2.05) is 4.57 Å². The lowest BCUT2D eigenvalue weighted by molar-refractivity contribution is 0.0936. The third kappa shape index (κ3) is 4.21. The third-order valence-electron chi connectivity index (χ3n) is 3.95. The van der Waals surface area contributed by atoms with Gasteiger partial charge in [0.2, 0.25) is 0 Å². The molecule has 1 aromatic rings. The van der Waals surface area contributed by atoms with E-state index >= 15 is 0 Å². The van der Waals surface area contributed by atoms with Crippen molar-refractivity contribution >= 4 is 11.8 Å². The number of hydrogen-bond acceptors (Lipinski definition) is 3. The van der Waals surface area contributed by atoms with Crippen molar-refractivity contribution in [1.29, 1.82) is 0 Å². The lowest BCUT2D eigenvalue weighted by atomic mass is 10.1. The van der Waals surface area contributed by atoms with Crippen molar-refractivity contribution in [3.63, 3.8) is 0 Å². The standard InChI is InChI=1S/C17H26N4O2/c1-4-9-18-16(22)14-13-7-5-6-11-21(13)15(20-14)17(23)19-10-8-12(2)3/h4,12H,1,5-11H2,2-3H3,(H,18,22)(H,19,23). The molecule has 126 valence electrons. The van der Waals surface area contributed by atoms with E-state index in [4.69, 9.17) is 0 Å². The van der Waals surface area contributed by atoms with Crippen molar-refractivity contribution in [2.45, 2.75) is 46.1 Å². The number of nitrogens with one attached hydrogen (secondary N) is 2. The zero-order valence-electron chi connectivity index (χ0n) is 14.0. The molecule has 0 saturated carbocycles. The van der Waals surface area contributed by atoms with Crippen molar-refractivity contribution in [3.05, 3.63) is 29.9 Å². The highest BCUT2D eigenvalue weighted by molar-refractivity contribution is 5.97. The van der Waals surface area contributed by atoms with Crippen LogP contribution in [0.2, 0.25) is 0 Å². The Kier molecular flexibility index (Phi) is 5.96. The Morgan fingerprint density at radius 3 is 2.78 bits per heavy atom. The van der Waals surface area contributed by atoms with E-state index in [0.29, 0.717) is 30.5 Å². The van der Waals surface area contributed by atoms with E-state index in [-0.39, 0.29) is 11.8 Å². The molecule has 0 bridgehead atoms. The van der Waals surface area contributed by atoms with Crippen LogP contribution < -0.4 is 10.6 Å². The number of amides is 2. The van der Waals surface area contributed by atoms with Gasteiger partial charge in [-0.2, -0.15) is 0 Å². The second kappa shape index (κ2) is 7.94. The van der Waals surface area contributed by atoms with Gasteiger partial charge in [-0.15, -0.1) is 6.58 Å². The van der Waals surface area contributed by atoms with Gasteiger partial charge in [0.25, 0.3) is 11.8 Å². The summed E-state index contributed by atoms with van der Waals surface area (Å²) in [6, 6.07) is 0. The van der Waals surface area contributed by atoms with Gasteiger partial charge in [0, 0.05) is 19.6 Å². The minimum atomic E-state index is -0.239. The lowest BCUT2D eigenvalue weighted by Crippen LogP contribution is -2.29. The first-order valence-electron chi connectivity index (χ1n) is 8.31. The number of aromatic nitrogens is 2. The summed E-state index contributed by atoms with van der Waals surface area (Å²) in [5.74, 6) is 0.449. The summed E-state index contributed by atoms with van der Waals surface area (Å²) < 4.78 is 1.90. The van der Waals surface area contributed by atoms with Crippen LogP contribution in [0.4, 0.5) is 0 Å². The maximum absolute atomic E-state index is 12.4. The summed E-state index contributed by atoms with van der Waals surface area (Å²) >= 11 is 0. The number of imidazole rings is 1. The zero-order valence-corrected chi connectivity index (χ0v) is 14.0. The van der Waals surface area contributed by atoms with E-state index in [0.717, 1.165) is 37.9 Å². The highest BCUT2D eigenvalue weighted by atomic mass is 16.2. The summed E-state index contributed by atoms with van der Waals surface area (Å²) in [4.78, 5) is 29.0. The van der Waals surface area contributed by atoms with Crippen LogP contribution in [0.5, 0.6) is 0 Å². The first-order chi connectivity index (χ1) is 11.0. The van der Waals surface area contributed by atoms with Gasteiger partial charge in [-0.05, 0) is 31.6 Å². The van der Waals surface area contributed by atoms with Crippen molar-refractivity contribution in [3.8, 4) is 0 Å². The molecule has 0 fully saturated rings. The van der Waals surface area contributed by atoms with Crippen LogP contribution in [-0.2, 0) is 13.0 Å². The van der Waals surface area contributed by atoms with Crippen LogP contribution >= 0.6 is 0 Å². The van der Waals surface area contributed by atoms with Gasteiger partial charge < -0.3 is 15.2 Å². The molecule has 0 aromatic carbocycles. The number of carbonyl (C=O) groups excluding carboxylic acids is 2. The molecule has 0 unspecified atom stereocenters. The van der Waals surface area contributed by atoms with Crippen LogP contribution in [0.1, 0.15) is 59.9 Å². The molecule has 0 radical (unpaired) electrons. The molecule has 6 heteroatoms. The normalized spacial score (nSPS) is 13.5. The van der Waals surface area contributed by atoms with Gasteiger partial charge in [0.15, 0.2) is 5.82 Å². The molecule has 6 nitrogen and oxygen atoms in total. The highest BCUT2D eigenvalue weighted by Gasteiger charge is 2.27.